The van der Waals surface area contributed by atoms with E-state index >= 15 is 0 Å². The van der Waals surface area contributed by atoms with Crippen LogP contribution in [0.5, 0.6) is 0 Å². The lowest BCUT2D eigenvalue weighted by molar-refractivity contribution is 0.158. The average Bonchev–Trinajstić information content (AvgIpc) is 2.67. The summed E-state index contributed by atoms with van der Waals surface area (Å²) in [6.45, 7) is 4.87. The molecule has 5 heteroatoms. The zero-order valence-corrected chi connectivity index (χ0v) is 17.0. The van der Waals surface area contributed by atoms with Crippen molar-refractivity contribution in [2.75, 3.05) is 25.4 Å². The summed E-state index contributed by atoms with van der Waals surface area (Å²) in [5.41, 5.74) is 3.95. The van der Waals surface area contributed by atoms with Gasteiger partial charge in [-0.1, -0.05) is 25.1 Å². The zero-order chi connectivity index (χ0) is 18.9. The summed E-state index contributed by atoms with van der Waals surface area (Å²) in [7, 11) is -3.14. The highest BCUT2D eigenvalue weighted by Crippen LogP contribution is 2.37. The van der Waals surface area contributed by atoms with E-state index in [1.807, 2.05) is 12.1 Å². The van der Waals surface area contributed by atoms with Gasteiger partial charge in [0.2, 0.25) is 0 Å². The van der Waals surface area contributed by atoms with Crippen molar-refractivity contribution in [2.24, 2.45) is 5.92 Å². The molecule has 0 radical (unpaired) electrons. The largest absolute Gasteiger partial charge is 0.367 e. The van der Waals surface area contributed by atoms with Gasteiger partial charge in [0, 0.05) is 24.2 Å². The van der Waals surface area contributed by atoms with Crippen molar-refractivity contribution >= 4 is 15.4 Å². The maximum atomic E-state index is 12.1. The molecule has 0 bridgehead atoms. The van der Waals surface area contributed by atoms with Crippen molar-refractivity contribution in [3.05, 3.63) is 47.7 Å². The number of rotatable bonds is 5. The molecule has 2 heterocycles. The molecule has 1 saturated heterocycles. The Bertz CT molecular complexity index is 830. The van der Waals surface area contributed by atoms with Crippen LogP contribution in [0.2, 0.25) is 0 Å². The first-order valence-electron chi connectivity index (χ1n) is 10.3. The first-order chi connectivity index (χ1) is 13.1. The molecule has 1 aromatic carbocycles. The zero-order valence-electron chi connectivity index (χ0n) is 16.2. The Hall–Kier alpha value is -1.59. The molecule has 4 nitrogen and oxygen atoms in total. The lowest BCUT2D eigenvalue weighted by Crippen LogP contribution is -2.44. The Balaban J connectivity index is 1.59. The number of hydrogen-bond donors (Lipinski definition) is 1. The molecule has 146 valence electrons. The van der Waals surface area contributed by atoms with Crippen LogP contribution < -0.4 is 5.32 Å². The van der Waals surface area contributed by atoms with E-state index in [0.717, 1.165) is 25.2 Å². The molecule has 0 aromatic heterocycles. The van der Waals surface area contributed by atoms with E-state index < -0.39 is 9.84 Å². The van der Waals surface area contributed by atoms with Crippen LogP contribution >= 0.6 is 0 Å². The molecule has 1 aliphatic carbocycles. The molecule has 0 amide bonds. The number of piperidine rings is 1. The number of hydrogen-bond acceptors (Lipinski definition) is 4. The fourth-order valence-corrected chi connectivity index (χ4v) is 5.25. The number of allylic oxidation sites excluding steroid dienone is 3. The minimum atomic E-state index is -3.14. The fourth-order valence-electron chi connectivity index (χ4n) is 4.37. The number of sulfone groups is 1. The van der Waals surface area contributed by atoms with E-state index in [9.17, 15) is 8.42 Å². The smallest absolute Gasteiger partial charge is 0.178 e. The van der Waals surface area contributed by atoms with Gasteiger partial charge in [0.25, 0.3) is 0 Å². The van der Waals surface area contributed by atoms with Crippen molar-refractivity contribution in [1.29, 1.82) is 0 Å². The SMILES string of the molecule is CCS(=O)(=O)c1ccc(C2=CC=C(C3CCNCC3)N(C3CCC3)C2)cc1. The third-order valence-corrected chi connectivity index (χ3v) is 8.12. The van der Waals surface area contributed by atoms with Crippen molar-refractivity contribution in [3.8, 4) is 0 Å². The molecule has 1 saturated carbocycles. The summed E-state index contributed by atoms with van der Waals surface area (Å²) in [5.74, 6) is 0.814. The Labute approximate surface area is 163 Å². The second-order valence-corrected chi connectivity index (χ2v) is 10.2. The van der Waals surface area contributed by atoms with Crippen molar-refractivity contribution in [2.45, 2.75) is 50.0 Å². The van der Waals surface area contributed by atoms with E-state index in [2.05, 4.69) is 22.4 Å². The van der Waals surface area contributed by atoms with E-state index in [-0.39, 0.29) is 5.75 Å². The normalized spacial score (nSPS) is 22.2. The fraction of sp³-hybridized carbons (Fsp3) is 0.545. The maximum Gasteiger partial charge on any atom is 0.178 e. The maximum absolute atomic E-state index is 12.1. The molecular weight excluding hydrogens is 356 g/mol. The molecule has 1 N–H and O–H groups in total. The van der Waals surface area contributed by atoms with E-state index in [1.54, 1.807) is 19.1 Å². The monoisotopic (exact) mass is 386 g/mol. The average molecular weight is 387 g/mol. The number of nitrogens with zero attached hydrogens (tertiary/aromatic N) is 1. The van der Waals surface area contributed by atoms with Crippen molar-refractivity contribution in [1.82, 2.24) is 10.2 Å². The van der Waals surface area contributed by atoms with Crippen LogP contribution in [0.1, 0.15) is 44.6 Å². The van der Waals surface area contributed by atoms with Gasteiger partial charge in [-0.2, -0.15) is 0 Å². The molecule has 4 rings (SSSR count). The third-order valence-electron chi connectivity index (χ3n) is 6.36. The Morgan fingerprint density at radius 2 is 1.74 bits per heavy atom. The first-order valence-corrected chi connectivity index (χ1v) is 11.9. The molecule has 0 unspecified atom stereocenters. The molecule has 0 atom stereocenters. The molecule has 27 heavy (non-hydrogen) atoms. The van der Waals surface area contributed by atoms with Crippen molar-refractivity contribution in [3.63, 3.8) is 0 Å². The van der Waals surface area contributed by atoms with Crippen LogP contribution in [0, 0.1) is 5.92 Å². The van der Waals surface area contributed by atoms with Crippen molar-refractivity contribution < 1.29 is 8.42 Å². The second kappa shape index (κ2) is 7.80. The Morgan fingerprint density at radius 1 is 1.04 bits per heavy atom. The predicted octanol–water partition coefficient (Wildman–Crippen LogP) is 3.62. The first kappa shape index (κ1) is 18.8. The van der Waals surface area contributed by atoms with Gasteiger partial charge in [-0.3, -0.25) is 0 Å². The molecule has 3 aliphatic rings. The van der Waals surface area contributed by atoms with Gasteiger partial charge in [-0.15, -0.1) is 0 Å². The van der Waals surface area contributed by atoms with Gasteiger partial charge in [-0.25, -0.2) is 8.42 Å². The lowest BCUT2D eigenvalue weighted by Gasteiger charge is -2.45. The van der Waals surface area contributed by atoms with Gasteiger partial charge >= 0.3 is 0 Å². The van der Waals surface area contributed by atoms with Crippen LogP contribution in [0.25, 0.3) is 5.57 Å². The van der Waals surface area contributed by atoms with Crippen LogP contribution in [0.15, 0.2) is 47.0 Å². The molecule has 1 aromatic rings. The van der Waals surface area contributed by atoms with Gasteiger partial charge in [0.1, 0.15) is 0 Å². The molecule has 2 aliphatic heterocycles. The molecule has 2 fully saturated rings. The van der Waals surface area contributed by atoms with Gasteiger partial charge in [0.05, 0.1) is 10.6 Å². The van der Waals surface area contributed by atoms with E-state index in [0.29, 0.717) is 16.9 Å². The lowest BCUT2D eigenvalue weighted by atomic mass is 9.84. The summed E-state index contributed by atoms with van der Waals surface area (Å²) in [4.78, 5) is 3.07. The van der Waals surface area contributed by atoms with Crippen LogP contribution in [0.3, 0.4) is 0 Å². The highest BCUT2D eigenvalue weighted by molar-refractivity contribution is 7.91. The van der Waals surface area contributed by atoms with Gasteiger partial charge in [0.15, 0.2) is 9.84 Å². The summed E-state index contributed by atoms with van der Waals surface area (Å²) in [6, 6.07) is 8.13. The predicted molar refractivity (Wildman–Crippen MR) is 110 cm³/mol. The van der Waals surface area contributed by atoms with E-state index in [1.165, 1.54) is 43.4 Å². The van der Waals surface area contributed by atoms with Crippen LogP contribution in [-0.4, -0.2) is 44.7 Å². The van der Waals surface area contributed by atoms with Gasteiger partial charge < -0.3 is 10.2 Å². The summed E-state index contributed by atoms with van der Waals surface area (Å²) in [5, 5.41) is 3.47. The number of nitrogens with one attached hydrogen (secondary N) is 1. The van der Waals surface area contributed by atoms with Crippen LogP contribution in [0.4, 0.5) is 0 Å². The minimum Gasteiger partial charge on any atom is -0.367 e. The second-order valence-electron chi connectivity index (χ2n) is 7.95. The number of benzene rings is 1. The minimum absolute atomic E-state index is 0.146. The Kier molecular flexibility index (Phi) is 5.42. The van der Waals surface area contributed by atoms with E-state index in [4.69, 9.17) is 0 Å². The highest BCUT2D eigenvalue weighted by atomic mass is 32.2. The standard InChI is InChI=1S/C22H30N2O2S/c1-2-27(25,26)21-9-6-17(7-10-21)19-8-11-22(18-12-14-23-15-13-18)24(16-19)20-4-3-5-20/h6-11,18,20,23H,2-5,12-16H2,1H3. The Morgan fingerprint density at radius 3 is 2.33 bits per heavy atom. The summed E-state index contributed by atoms with van der Waals surface area (Å²) in [6.07, 6.45) is 11.0. The topological polar surface area (TPSA) is 49.4 Å². The summed E-state index contributed by atoms with van der Waals surface area (Å²) < 4.78 is 24.1. The van der Waals surface area contributed by atoms with Crippen LogP contribution in [-0.2, 0) is 9.84 Å². The molecular formula is C22H30N2O2S. The quantitative estimate of drug-likeness (QED) is 0.840. The summed E-state index contributed by atoms with van der Waals surface area (Å²) >= 11 is 0. The molecule has 0 spiro atoms. The highest BCUT2D eigenvalue weighted by Gasteiger charge is 2.32. The van der Waals surface area contributed by atoms with Gasteiger partial charge in [-0.05, 0) is 74.5 Å². The third kappa shape index (κ3) is 3.85.